The Morgan fingerprint density at radius 3 is 2.92 bits per heavy atom. The zero-order valence-electron chi connectivity index (χ0n) is 15.5. The Hall–Kier alpha value is -2.18. The van der Waals surface area contributed by atoms with Gasteiger partial charge in [-0.3, -0.25) is 0 Å². The maximum Gasteiger partial charge on any atom is 0.149 e. The lowest BCUT2D eigenvalue weighted by Gasteiger charge is -2.30. The number of methoxy groups -OCH3 is 1. The van der Waals surface area contributed by atoms with Gasteiger partial charge in [-0.15, -0.1) is 21.5 Å². The molecule has 26 heavy (non-hydrogen) atoms. The van der Waals surface area contributed by atoms with Crippen molar-refractivity contribution in [3.8, 4) is 17.0 Å². The normalized spacial score (nSPS) is 18.2. The average molecular weight is 369 g/mol. The lowest BCUT2D eigenvalue weighted by Crippen LogP contribution is -2.39. The van der Waals surface area contributed by atoms with Gasteiger partial charge in [-0.05, 0) is 68.6 Å². The number of rotatable bonds is 4. The number of likely N-dealkylation sites (tertiary alicyclic amines) is 1. The number of anilines is 1. The molecular weight excluding hydrogens is 344 g/mol. The number of piperidine rings is 1. The van der Waals surface area contributed by atoms with Crippen LogP contribution in [0.3, 0.4) is 0 Å². The number of fused-ring (bicyclic) bond motifs is 1. The summed E-state index contributed by atoms with van der Waals surface area (Å²) in [5.74, 6) is 1.72. The maximum atomic E-state index is 5.71. The summed E-state index contributed by atoms with van der Waals surface area (Å²) in [6.45, 7) is 4.30. The maximum absolute atomic E-state index is 5.71. The Bertz CT molecular complexity index is 923. The van der Waals surface area contributed by atoms with Crippen LogP contribution in [0.5, 0.6) is 5.75 Å². The van der Waals surface area contributed by atoms with Crippen LogP contribution in [0.25, 0.3) is 21.3 Å². The number of hydrogen-bond donors (Lipinski definition) is 1. The van der Waals surface area contributed by atoms with E-state index in [4.69, 9.17) is 4.74 Å². The topological polar surface area (TPSA) is 50.3 Å². The number of nitrogens with zero attached hydrogens (tertiary/aromatic N) is 3. The first-order valence-corrected chi connectivity index (χ1v) is 9.87. The summed E-state index contributed by atoms with van der Waals surface area (Å²) in [6, 6.07) is 8.83. The van der Waals surface area contributed by atoms with E-state index in [1.54, 1.807) is 18.4 Å². The molecule has 3 aromatic rings. The van der Waals surface area contributed by atoms with E-state index >= 15 is 0 Å². The first-order chi connectivity index (χ1) is 12.7. The Morgan fingerprint density at radius 2 is 2.15 bits per heavy atom. The highest BCUT2D eigenvalue weighted by Gasteiger charge is 2.19. The molecule has 0 radical (unpaired) electrons. The van der Waals surface area contributed by atoms with Gasteiger partial charge < -0.3 is 15.0 Å². The fraction of sp³-hybridized carbons (Fsp3) is 0.400. The monoisotopic (exact) mass is 368 g/mol. The summed E-state index contributed by atoms with van der Waals surface area (Å²) in [6.07, 6.45) is 2.39. The molecule has 5 nitrogen and oxygen atoms in total. The van der Waals surface area contributed by atoms with Gasteiger partial charge in [0, 0.05) is 28.2 Å². The third kappa shape index (κ3) is 3.27. The summed E-state index contributed by atoms with van der Waals surface area (Å²) in [4.78, 5) is 2.36. The summed E-state index contributed by atoms with van der Waals surface area (Å²) >= 11 is 1.72. The van der Waals surface area contributed by atoms with Gasteiger partial charge in [-0.25, -0.2) is 0 Å². The zero-order valence-corrected chi connectivity index (χ0v) is 16.3. The molecule has 0 aliphatic carbocycles. The van der Waals surface area contributed by atoms with Crippen LogP contribution >= 0.6 is 11.3 Å². The molecule has 136 valence electrons. The van der Waals surface area contributed by atoms with E-state index in [1.807, 2.05) is 0 Å². The second kappa shape index (κ2) is 7.21. The molecule has 0 amide bonds. The molecule has 4 rings (SSSR count). The van der Waals surface area contributed by atoms with E-state index in [9.17, 15) is 0 Å². The van der Waals surface area contributed by atoms with Gasteiger partial charge in [0.1, 0.15) is 11.6 Å². The van der Waals surface area contributed by atoms with Crippen LogP contribution < -0.4 is 10.1 Å². The number of thiophene rings is 1. The van der Waals surface area contributed by atoms with Crippen molar-refractivity contribution in [1.29, 1.82) is 0 Å². The van der Waals surface area contributed by atoms with Gasteiger partial charge in [0.05, 0.1) is 12.8 Å². The van der Waals surface area contributed by atoms with Gasteiger partial charge in [0.15, 0.2) is 0 Å². The molecule has 0 bridgehead atoms. The summed E-state index contributed by atoms with van der Waals surface area (Å²) in [7, 11) is 3.88. The highest BCUT2D eigenvalue weighted by atomic mass is 32.1. The lowest BCUT2D eigenvalue weighted by atomic mass is 10.0. The fourth-order valence-electron chi connectivity index (χ4n) is 3.74. The predicted octanol–water partition coefficient (Wildman–Crippen LogP) is 4.18. The van der Waals surface area contributed by atoms with Crippen LogP contribution in [0.1, 0.15) is 18.4 Å². The molecular formula is C20H24N4OS. The predicted molar refractivity (Wildman–Crippen MR) is 108 cm³/mol. The molecule has 0 saturated carbocycles. The van der Waals surface area contributed by atoms with Crippen molar-refractivity contribution in [2.45, 2.75) is 25.8 Å². The minimum atomic E-state index is 0.435. The number of nitrogens with one attached hydrogen (secondary N) is 1. The van der Waals surface area contributed by atoms with E-state index in [2.05, 4.69) is 64.0 Å². The molecule has 1 aliphatic rings. The van der Waals surface area contributed by atoms with Crippen molar-refractivity contribution in [3.63, 3.8) is 0 Å². The van der Waals surface area contributed by atoms with Crippen molar-refractivity contribution < 1.29 is 4.74 Å². The van der Waals surface area contributed by atoms with Crippen LogP contribution in [0.15, 0.2) is 29.6 Å². The minimum absolute atomic E-state index is 0.435. The van der Waals surface area contributed by atoms with Gasteiger partial charge in [0.2, 0.25) is 0 Å². The quantitative estimate of drug-likeness (QED) is 0.749. The van der Waals surface area contributed by atoms with E-state index in [-0.39, 0.29) is 0 Å². The number of benzene rings is 1. The first-order valence-electron chi connectivity index (χ1n) is 8.99. The highest BCUT2D eigenvalue weighted by Crippen LogP contribution is 2.39. The van der Waals surface area contributed by atoms with Crippen molar-refractivity contribution in [2.24, 2.45) is 0 Å². The third-order valence-corrected chi connectivity index (χ3v) is 5.89. The van der Waals surface area contributed by atoms with Crippen LogP contribution in [-0.4, -0.2) is 48.4 Å². The van der Waals surface area contributed by atoms with E-state index in [0.717, 1.165) is 40.3 Å². The van der Waals surface area contributed by atoms with Crippen LogP contribution in [0, 0.1) is 6.92 Å². The highest BCUT2D eigenvalue weighted by molar-refractivity contribution is 7.17. The molecule has 1 atom stereocenters. The minimum Gasteiger partial charge on any atom is -0.495 e. The van der Waals surface area contributed by atoms with Gasteiger partial charge in [0.25, 0.3) is 0 Å². The number of aryl methyl sites for hydroxylation is 1. The van der Waals surface area contributed by atoms with Crippen molar-refractivity contribution in [2.75, 3.05) is 32.6 Å². The number of likely N-dealkylation sites (N-methyl/N-ethyl adjacent to an activating group) is 1. The molecule has 1 aromatic carbocycles. The molecule has 6 heteroatoms. The van der Waals surface area contributed by atoms with Gasteiger partial charge in [-0.2, -0.15) is 0 Å². The van der Waals surface area contributed by atoms with Gasteiger partial charge in [-0.1, -0.05) is 0 Å². The summed E-state index contributed by atoms with van der Waals surface area (Å²) < 4.78 is 6.93. The van der Waals surface area contributed by atoms with E-state index in [1.165, 1.54) is 24.1 Å². The van der Waals surface area contributed by atoms with Crippen LogP contribution in [0.4, 0.5) is 5.82 Å². The molecule has 1 fully saturated rings. The Kier molecular flexibility index (Phi) is 4.78. The molecule has 2 aromatic heterocycles. The average Bonchev–Trinajstić information content (AvgIpc) is 3.10. The van der Waals surface area contributed by atoms with Crippen LogP contribution in [0.2, 0.25) is 0 Å². The molecule has 1 aliphatic heterocycles. The van der Waals surface area contributed by atoms with Crippen molar-refractivity contribution >= 4 is 27.2 Å². The van der Waals surface area contributed by atoms with Crippen molar-refractivity contribution in [3.05, 3.63) is 35.2 Å². The zero-order chi connectivity index (χ0) is 18.1. The summed E-state index contributed by atoms with van der Waals surface area (Å²) in [5.41, 5.74) is 2.97. The van der Waals surface area contributed by atoms with Crippen molar-refractivity contribution in [1.82, 2.24) is 15.1 Å². The molecule has 0 spiro atoms. The smallest absolute Gasteiger partial charge is 0.149 e. The molecule has 3 heterocycles. The summed E-state index contributed by atoms with van der Waals surface area (Å²) in [5, 5.41) is 15.7. The molecule has 0 unspecified atom stereocenters. The Morgan fingerprint density at radius 1 is 1.27 bits per heavy atom. The number of hydrogen-bond acceptors (Lipinski definition) is 6. The molecule has 1 N–H and O–H groups in total. The van der Waals surface area contributed by atoms with Gasteiger partial charge >= 0.3 is 0 Å². The van der Waals surface area contributed by atoms with Crippen LogP contribution in [-0.2, 0) is 0 Å². The SMILES string of the molecule is COc1c(-c2nnc(N[C@@H]3CCCN(C)C3)cc2C)ccc2sccc12. The third-order valence-electron chi connectivity index (χ3n) is 5.01. The Labute approximate surface area is 158 Å². The fourth-order valence-corrected chi connectivity index (χ4v) is 4.52. The van der Waals surface area contributed by atoms with E-state index in [0.29, 0.717) is 6.04 Å². The Balaban J connectivity index is 1.64. The second-order valence-electron chi connectivity index (χ2n) is 6.99. The van der Waals surface area contributed by atoms with E-state index < -0.39 is 0 Å². The standard InChI is InChI=1S/C20H24N4OS/c1-13-11-18(21-14-5-4-9-24(2)12-14)22-23-19(13)16-6-7-17-15(8-10-26-17)20(16)25-3/h6-8,10-11,14H,4-5,9,12H2,1-3H3,(H,21,22)/t14-/m1/s1. The first kappa shape index (κ1) is 17.2. The number of ether oxygens (including phenoxy) is 1. The second-order valence-corrected chi connectivity index (χ2v) is 7.93. The molecule has 1 saturated heterocycles. The number of aromatic nitrogens is 2. The largest absolute Gasteiger partial charge is 0.495 e. The lowest BCUT2D eigenvalue weighted by molar-refractivity contribution is 0.260.